The van der Waals surface area contributed by atoms with Crippen LogP contribution in [0, 0.1) is 5.41 Å². The molecule has 0 amide bonds. The number of thiazole rings is 1. The first kappa shape index (κ1) is 15.9. The zero-order valence-corrected chi connectivity index (χ0v) is 14.1. The Morgan fingerprint density at radius 1 is 1.35 bits per heavy atom. The van der Waals surface area contributed by atoms with Gasteiger partial charge in [0.1, 0.15) is 5.01 Å². The molecule has 20 heavy (non-hydrogen) atoms. The molecular weight excluding hydrogens is 268 g/mol. The van der Waals surface area contributed by atoms with Gasteiger partial charge in [-0.05, 0) is 37.6 Å². The second-order valence-electron chi connectivity index (χ2n) is 6.52. The minimum Gasteiger partial charge on any atom is -0.374 e. The lowest BCUT2D eigenvalue weighted by Crippen LogP contribution is -2.33. The van der Waals surface area contributed by atoms with Gasteiger partial charge in [0.2, 0.25) is 0 Å². The van der Waals surface area contributed by atoms with Crippen LogP contribution < -0.4 is 5.32 Å². The third-order valence-corrected chi connectivity index (χ3v) is 4.89. The predicted octanol–water partition coefficient (Wildman–Crippen LogP) is 4.08. The number of hydrogen-bond acceptors (Lipinski definition) is 4. The van der Waals surface area contributed by atoms with Gasteiger partial charge in [0, 0.05) is 17.5 Å². The molecule has 1 N–H and O–H groups in total. The Morgan fingerprint density at radius 2 is 2.15 bits per heavy atom. The smallest absolute Gasteiger partial charge is 0.119 e. The van der Waals surface area contributed by atoms with E-state index < -0.39 is 0 Å². The molecule has 1 heterocycles. The number of hydrogen-bond donors (Lipinski definition) is 1. The Bertz CT molecular complexity index is 428. The summed E-state index contributed by atoms with van der Waals surface area (Å²) >= 11 is 1.85. The highest BCUT2D eigenvalue weighted by Crippen LogP contribution is 2.43. The molecule has 1 unspecified atom stereocenters. The number of aromatic nitrogens is 1. The summed E-state index contributed by atoms with van der Waals surface area (Å²) in [4.78, 5) is 6.28. The largest absolute Gasteiger partial charge is 0.374 e. The number of ether oxygens (including phenoxy) is 1. The van der Waals surface area contributed by atoms with Crippen LogP contribution in [0.15, 0.2) is 0 Å². The van der Waals surface area contributed by atoms with E-state index in [1.54, 1.807) is 0 Å². The van der Waals surface area contributed by atoms with E-state index in [1.165, 1.54) is 23.4 Å². The second-order valence-corrected chi connectivity index (χ2v) is 7.64. The van der Waals surface area contributed by atoms with E-state index in [4.69, 9.17) is 9.72 Å². The van der Waals surface area contributed by atoms with Crippen molar-refractivity contribution in [2.75, 3.05) is 13.2 Å². The van der Waals surface area contributed by atoms with Crippen molar-refractivity contribution < 1.29 is 4.74 Å². The molecule has 1 atom stereocenters. The predicted molar refractivity (Wildman–Crippen MR) is 85.2 cm³/mol. The molecule has 4 heteroatoms. The van der Waals surface area contributed by atoms with Crippen LogP contribution in [0.5, 0.6) is 0 Å². The molecule has 0 aliphatic heterocycles. The third-order valence-electron chi connectivity index (χ3n) is 3.71. The van der Waals surface area contributed by atoms with Crippen LogP contribution >= 0.6 is 11.3 Å². The van der Waals surface area contributed by atoms with Gasteiger partial charge in [0.15, 0.2) is 0 Å². The summed E-state index contributed by atoms with van der Waals surface area (Å²) in [5.74, 6) is 0. The number of nitrogens with one attached hydrogen (secondary N) is 1. The summed E-state index contributed by atoms with van der Waals surface area (Å²) in [6.07, 6.45) is 4.55. The summed E-state index contributed by atoms with van der Waals surface area (Å²) in [6.45, 7) is 11.6. The Kier molecular flexibility index (Phi) is 5.58. The lowest BCUT2D eigenvalue weighted by atomic mass is 9.76. The van der Waals surface area contributed by atoms with Crippen molar-refractivity contribution in [2.45, 2.75) is 66.0 Å². The molecule has 0 fully saturated rings. The number of fused-ring (bicyclic) bond motifs is 1. The Labute approximate surface area is 127 Å². The Morgan fingerprint density at radius 3 is 2.85 bits per heavy atom. The monoisotopic (exact) mass is 296 g/mol. The van der Waals surface area contributed by atoms with Gasteiger partial charge >= 0.3 is 0 Å². The summed E-state index contributed by atoms with van der Waals surface area (Å²) in [7, 11) is 0. The van der Waals surface area contributed by atoms with E-state index in [1.807, 2.05) is 11.3 Å². The third kappa shape index (κ3) is 4.03. The van der Waals surface area contributed by atoms with Crippen LogP contribution in [0.25, 0.3) is 0 Å². The molecular formula is C16H28N2OS. The maximum atomic E-state index is 5.64. The van der Waals surface area contributed by atoms with Gasteiger partial charge in [0.05, 0.1) is 12.3 Å². The minimum atomic E-state index is 0.341. The summed E-state index contributed by atoms with van der Waals surface area (Å²) in [5, 5.41) is 4.84. The molecule has 0 spiro atoms. The normalized spacial score (nSPS) is 20.9. The van der Waals surface area contributed by atoms with E-state index in [0.29, 0.717) is 18.1 Å². The van der Waals surface area contributed by atoms with Crippen molar-refractivity contribution >= 4 is 11.3 Å². The van der Waals surface area contributed by atoms with Crippen molar-refractivity contribution in [1.82, 2.24) is 10.3 Å². The van der Waals surface area contributed by atoms with Crippen LogP contribution in [0.2, 0.25) is 0 Å². The molecule has 1 aromatic rings. The van der Waals surface area contributed by atoms with Gasteiger partial charge in [-0.3, -0.25) is 0 Å². The number of nitrogens with zero attached hydrogens (tertiary/aromatic N) is 1. The summed E-state index contributed by atoms with van der Waals surface area (Å²) in [5.41, 5.74) is 1.64. The molecule has 0 radical (unpaired) electrons. The molecule has 2 rings (SSSR count). The van der Waals surface area contributed by atoms with Gasteiger partial charge in [-0.15, -0.1) is 11.3 Å². The minimum absolute atomic E-state index is 0.341. The van der Waals surface area contributed by atoms with Crippen LogP contribution in [-0.4, -0.2) is 18.1 Å². The maximum Gasteiger partial charge on any atom is 0.119 e. The molecule has 0 bridgehead atoms. The zero-order valence-electron chi connectivity index (χ0n) is 13.3. The highest BCUT2D eigenvalue weighted by molar-refractivity contribution is 7.11. The fourth-order valence-corrected chi connectivity index (χ4v) is 3.93. The van der Waals surface area contributed by atoms with Gasteiger partial charge in [-0.2, -0.15) is 0 Å². The molecule has 0 saturated heterocycles. The van der Waals surface area contributed by atoms with Crippen molar-refractivity contribution in [2.24, 2.45) is 5.41 Å². The molecule has 3 nitrogen and oxygen atoms in total. The van der Waals surface area contributed by atoms with Gasteiger partial charge < -0.3 is 10.1 Å². The number of rotatable bonds is 7. The van der Waals surface area contributed by atoms with Crippen molar-refractivity contribution in [3.63, 3.8) is 0 Å². The van der Waals surface area contributed by atoms with Crippen LogP contribution in [0.4, 0.5) is 0 Å². The fraction of sp³-hybridized carbons (Fsp3) is 0.812. The SMILES string of the molecule is CCCNC1CC(C)(C)Cc2nc(COCCC)sc21. The standard InChI is InChI=1S/C16H28N2OS/c1-5-7-17-12-9-16(3,4)10-13-15(12)20-14(18-13)11-19-8-6-2/h12,17H,5-11H2,1-4H3. The van der Waals surface area contributed by atoms with Crippen LogP contribution in [-0.2, 0) is 17.8 Å². The fourth-order valence-electron chi connectivity index (χ4n) is 2.83. The Hall–Kier alpha value is -0.450. The zero-order chi connectivity index (χ0) is 14.6. The van der Waals surface area contributed by atoms with Crippen molar-refractivity contribution in [3.05, 3.63) is 15.6 Å². The lowest BCUT2D eigenvalue weighted by Gasteiger charge is -2.34. The lowest BCUT2D eigenvalue weighted by molar-refractivity contribution is 0.121. The Balaban J connectivity index is 2.11. The average Bonchev–Trinajstić information content (AvgIpc) is 2.77. The topological polar surface area (TPSA) is 34.2 Å². The highest BCUT2D eigenvalue weighted by atomic mass is 32.1. The summed E-state index contributed by atoms with van der Waals surface area (Å²) < 4.78 is 5.64. The van der Waals surface area contributed by atoms with E-state index in [-0.39, 0.29) is 0 Å². The molecule has 0 saturated carbocycles. The first-order chi connectivity index (χ1) is 9.55. The van der Waals surface area contributed by atoms with E-state index in [0.717, 1.165) is 31.0 Å². The van der Waals surface area contributed by atoms with E-state index in [9.17, 15) is 0 Å². The molecule has 1 aliphatic rings. The first-order valence-corrected chi connectivity index (χ1v) is 8.67. The van der Waals surface area contributed by atoms with Crippen molar-refractivity contribution in [3.8, 4) is 0 Å². The molecule has 114 valence electrons. The first-order valence-electron chi connectivity index (χ1n) is 7.85. The highest BCUT2D eigenvalue weighted by Gasteiger charge is 2.34. The van der Waals surface area contributed by atoms with Crippen LogP contribution in [0.1, 0.15) is 68.6 Å². The molecule has 1 aromatic heterocycles. The van der Waals surface area contributed by atoms with E-state index >= 15 is 0 Å². The van der Waals surface area contributed by atoms with Gasteiger partial charge in [0.25, 0.3) is 0 Å². The van der Waals surface area contributed by atoms with Gasteiger partial charge in [-0.25, -0.2) is 4.98 Å². The molecule has 1 aliphatic carbocycles. The van der Waals surface area contributed by atoms with Gasteiger partial charge in [-0.1, -0.05) is 27.7 Å². The maximum absolute atomic E-state index is 5.64. The van der Waals surface area contributed by atoms with Crippen molar-refractivity contribution in [1.29, 1.82) is 0 Å². The van der Waals surface area contributed by atoms with E-state index in [2.05, 4.69) is 33.0 Å². The van der Waals surface area contributed by atoms with Crippen LogP contribution in [0.3, 0.4) is 0 Å². The molecule has 0 aromatic carbocycles. The average molecular weight is 296 g/mol. The summed E-state index contributed by atoms with van der Waals surface area (Å²) in [6, 6.07) is 0.478. The second kappa shape index (κ2) is 7.01. The quantitative estimate of drug-likeness (QED) is 0.770.